The maximum atomic E-state index is 13.2. The standard InChI is InChI=1S/C26H27Br2NO4/c1-4-31-20-9-11-21(12-10-20)32-26(23-15-18-7-5-6-8-19(18)16-29-23)33-25(30)22(17(2)3)13-14-24(27)28/h5-12,14-17,22,26H,4,13H2,1-3H3. The zero-order valence-electron chi connectivity index (χ0n) is 18.8. The maximum Gasteiger partial charge on any atom is 0.312 e. The second-order valence-electron chi connectivity index (χ2n) is 7.83. The number of allylic oxidation sites excluding steroid dienone is 1. The summed E-state index contributed by atoms with van der Waals surface area (Å²) in [6.07, 6.45) is 3.21. The lowest BCUT2D eigenvalue weighted by Gasteiger charge is -2.24. The SMILES string of the molecule is CCOc1ccc(OC(OC(=O)C(CC=C(Br)Br)C(C)C)c2cc3ccccc3cn2)cc1. The molecular formula is C26H27Br2NO4. The molecule has 0 aliphatic heterocycles. The summed E-state index contributed by atoms with van der Waals surface area (Å²) in [6.45, 7) is 6.51. The topological polar surface area (TPSA) is 57.7 Å². The van der Waals surface area contributed by atoms with Gasteiger partial charge in [-0.1, -0.05) is 44.2 Å². The van der Waals surface area contributed by atoms with Crippen LogP contribution in [0, 0.1) is 11.8 Å². The highest BCUT2D eigenvalue weighted by Gasteiger charge is 2.28. The van der Waals surface area contributed by atoms with E-state index in [0.717, 1.165) is 19.9 Å². The van der Waals surface area contributed by atoms with E-state index in [9.17, 15) is 4.79 Å². The fraction of sp³-hybridized carbons (Fsp3) is 0.308. The van der Waals surface area contributed by atoms with Crippen LogP contribution >= 0.6 is 31.9 Å². The number of carbonyl (C=O) groups is 1. The van der Waals surface area contributed by atoms with Gasteiger partial charge in [-0.3, -0.25) is 9.78 Å². The Labute approximate surface area is 211 Å². The molecule has 0 spiro atoms. The van der Waals surface area contributed by atoms with E-state index in [-0.39, 0.29) is 17.8 Å². The number of fused-ring (bicyclic) bond motifs is 1. The molecule has 2 atom stereocenters. The second-order valence-corrected chi connectivity index (χ2v) is 10.6. The van der Waals surface area contributed by atoms with Gasteiger partial charge in [0.1, 0.15) is 17.2 Å². The van der Waals surface area contributed by atoms with Crippen LogP contribution in [0.3, 0.4) is 0 Å². The van der Waals surface area contributed by atoms with Crippen LogP contribution in [0.25, 0.3) is 10.8 Å². The van der Waals surface area contributed by atoms with Gasteiger partial charge in [-0.15, -0.1) is 0 Å². The number of ether oxygens (including phenoxy) is 3. The van der Waals surface area contributed by atoms with Crippen molar-refractivity contribution < 1.29 is 19.0 Å². The molecule has 3 aromatic rings. The van der Waals surface area contributed by atoms with Crippen LogP contribution in [0.5, 0.6) is 11.5 Å². The van der Waals surface area contributed by atoms with Crippen molar-refractivity contribution in [3.63, 3.8) is 0 Å². The van der Waals surface area contributed by atoms with Crippen molar-refractivity contribution in [3.05, 3.63) is 76.0 Å². The Bertz CT molecular complexity index is 1090. The fourth-order valence-corrected chi connectivity index (χ4v) is 3.70. The summed E-state index contributed by atoms with van der Waals surface area (Å²) >= 11 is 6.71. The van der Waals surface area contributed by atoms with E-state index in [1.165, 1.54) is 0 Å². The van der Waals surface area contributed by atoms with Gasteiger partial charge < -0.3 is 14.2 Å². The Kier molecular flexibility index (Phi) is 9.32. The zero-order chi connectivity index (χ0) is 23.8. The number of carbonyl (C=O) groups excluding carboxylic acids is 1. The van der Waals surface area contributed by atoms with Gasteiger partial charge in [0.15, 0.2) is 0 Å². The highest BCUT2D eigenvalue weighted by molar-refractivity contribution is 9.28. The van der Waals surface area contributed by atoms with Gasteiger partial charge in [-0.2, -0.15) is 0 Å². The molecular weight excluding hydrogens is 550 g/mol. The van der Waals surface area contributed by atoms with Crippen LogP contribution in [-0.4, -0.2) is 17.6 Å². The highest BCUT2D eigenvalue weighted by atomic mass is 79.9. The summed E-state index contributed by atoms with van der Waals surface area (Å²) in [7, 11) is 0. The first-order valence-electron chi connectivity index (χ1n) is 10.8. The number of hydrogen-bond acceptors (Lipinski definition) is 5. The summed E-state index contributed by atoms with van der Waals surface area (Å²) in [5.74, 6) is 0.712. The Morgan fingerprint density at radius 1 is 1.03 bits per heavy atom. The molecule has 0 saturated carbocycles. The Hall–Kier alpha value is -2.38. The lowest BCUT2D eigenvalue weighted by molar-refractivity contribution is -0.172. The largest absolute Gasteiger partial charge is 0.494 e. The molecule has 7 heteroatoms. The fourth-order valence-electron chi connectivity index (χ4n) is 3.33. The number of esters is 1. The van der Waals surface area contributed by atoms with Crippen LogP contribution in [-0.2, 0) is 9.53 Å². The van der Waals surface area contributed by atoms with Crippen molar-refractivity contribution in [1.82, 2.24) is 4.98 Å². The van der Waals surface area contributed by atoms with Gasteiger partial charge in [0.25, 0.3) is 6.29 Å². The first kappa shape index (κ1) is 25.2. The van der Waals surface area contributed by atoms with Gasteiger partial charge in [0, 0.05) is 11.6 Å². The summed E-state index contributed by atoms with van der Waals surface area (Å²) in [6, 6.07) is 17.0. The maximum absolute atomic E-state index is 13.2. The van der Waals surface area contributed by atoms with Crippen LogP contribution in [0.1, 0.15) is 39.2 Å². The minimum Gasteiger partial charge on any atom is -0.494 e. The average Bonchev–Trinajstić information content (AvgIpc) is 2.79. The van der Waals surface area contributed by atoms with Crippen molar-refractivity contribution >= 4 is 48.6 Å². The number of nitrogens with zero attached hydrogens (tertiary/aromatic N) is 1. The third-order valence-corrected chi connectivity index (χ3v) is 5.78. The van der Waals surface area contributed by atoms with Crippen LogP contribution in [0.2, 0.25) is 0 Å². The monoisotopic (exact) mass is 575 g/mol. The van der Waals surface area contributed by atoms with Gasteiger partial charge in [0.05, 0.1) is 15.9 Å². The zero-order valence-corrected chi connectivity index (χ0v) is 22.0. The molecule has 2 aromatic carbocycles. The van der Waals surface area contributed by atoms with E-state index in [1.54, 1.807) is 18.3 Å². The van der Waals surface area contributed by atoms with E-state index in [0.29, 0.717) is 24.5 Å². The van der Waals surface area contributed by atoms with Crippen LogP contribution in [0.4, 0.5) is 0 Å². The third-order valence-electron chi connectivity index (χ3n) is 5.13. The van der Waals surface area contributed by atoms with Crippen LogP contribution < -0.4 is 9.47 Å². The molecule has 5 nitrogen and oxygen atoms in total. The van der Waals surface area contributed by atoms with E-state index in [2.05, 4.69) is 36.8 Å². The Balaban J connectivity index is 1.89. The Morgan fingerprint density at radius 3 is 2.33 bits per heavy atom. The number of benzene rings is 2. The van der Waals surface area contributed by atoms with Crippen molar-refractivity contribution in [2.24, 2.45) is 11.8 Å². The van der Waals surface area contributed by atoms with Gasteiger partial charge in [-0.25, -0.2) is 0 Å². The predicted molar refractivity (Wildman–Crippen MR) is 138 cm³/mol. The molecule has 2 unspecified atom stereocenters. The predicted octanol–water partition coefficient (Wildman–Crippen LogP) is 7.55. The van der Waals surface area contributed by atoms with E-state index in [1.807, 2.05) is 69.3 Å². The summed E-state index contributed by atoms with van der Waals surface area (Å²) in [5.41, 5.74) is 0.524. The molecule has 0 saturated heterocycles. The van der Waals surface area contributed by atoms with Crippen LogP contribution in [0.15, 0.2) is 70.3 Å². The quantitative estimate of drug-likeness (QED) is 0.184. The smallest absolute Gasteiger partial charge is 0.312 e. The van der Waals surface area contributed by atoms with Gasteiger partial charge >= 0.3 is 5.97 Å². The first-order valence-corrected chi connectivity index (χ1v) is 12.4. The van der Waals surface area contributed by atoms with Crippen molar-refractivity contribution in [2.45, 2.75) is 33.5 Å². The molecule has 3 rings (SSSR count). The number of halogens is 2. The molecule has 1 heterocycles. The van der Waals surface area contributed by atoms with Crippen molar-refractivity contribution in [1.29, 1.82) is 0 Å². The minimum absolute atomic E-state index is 0.0868. The van der Waals surface area contributed by atoms with Gasteiger partial charge in [-0.05, 0) is 86.8 Å². The molecule has 0 N–H and O–H groups in total. The van der Waals surface area contributed by atoms with Crippen molar-refractivity contribution in [2.75, 3.05) is 6.61 Å². The Morgan fingerprint density at radius 2 is 1.70 bits per heavy atom. The molecule has 0 radical (unpaired) electrons. The van der Waals surface area contributed by atoms with Crippen molar-refractivity contribution in [3.8, 4) is 11.5 Å². The molecule has 174 valence electrons. The summed E-state index contributed by atoms with van der Waals surface area (Å²) < 4.78 is 18.3. The lowest BCUT2D eigenvalue weighted by Crippen LogP contribution is -2.26. The second kappa shape index (κ2) is 12.2. The average molecular weight is 577 g/mol. The number of aromatic nitrogens is 1. The summed E-state index contributed by atoms with van der Waals surface area (Å²) in [5, 5.41) is 1.99. The van der Waals surface area contributed by atoms with E-state index in [4.69, 9.17) is 14.2 Å². The lowest BCUT2D eigenvalue weighted by atomic mass is 9.93. The van der Waals surface area contributed by atoms with Gasteiger partial charge in [0.2, 0.25) is 0 Å². The number of rotatable bonds is 10. The molecule has 33 heavy (non-hydrogen) atoms. The molecule has 0 aliphatic rings. The molecule has 0 fully saturated rings. The highest BCUT2D eigenvalue weighted by Crippen LogP contribution is 2.29. The normalized spacial score (nSPS) is 12.8. The minimum atomic E-state index is -0.988. The number of hydrogen-bond donors (Lipinski definition) is 0. The molecule has 0 aliphatic carbocycles. The molecule has 0 bridgehead atoms. The molecule has 0 amide bonds. The van der Waals surface area contributed by atoms with E-state index < -0.39 is 6.29 Å². The first-order chi connectivity index (χ1) is 15.9. The third kappa shape index (κ3) is 7.30. The molecule has 1 aromatic heterocycles. The number of pyridine rings is 1. The van der Waals surface area contributed by atoms with E-state index >= 15 is 0 Å². The summed E-state index contributed by atoms with van der Waals surface area (Å²) in [4.78, 5) is 17.7.